The van der Waals surface area contributed by atoms with Crippen molar-refractivity contribution in [3.05, 3.63) is 22.8 Å². The summed E-state index contributed by atoms with van der Waals surface area (Å²) in [6.07, 6.45) is 10.4. The fourth-order valence-electron chi connectivity index (χ4n) is 6.25. The van der Waals surface area contributed by atoms with E-state index in [-0.39, 0.29) is 18.5 Å². The Labute approximate surface area is 196 Å². The summed E-state index contributed by atoms with van der Waals surface area (Å²) in [5, 5.41) is 21.8. The van der Waals surface area contributed by atoms with Crippen molar-refractivity contribution in [3.8, 4) is 0 Å². The lowest BCUT2D eigenvalue weighted by Gasteiger charge is -2.44. The van der Waals surface area contributed by atoms with E-state index in [1.807, 2.05) is 13.0 Å². The molecule has 3 rings (SSSR count). The second-order valence-corrected chi connectivity index (χ2v) is 15.3. The van der Waals surface area contributed by atoms with E-state index in [1.165, 1.54) is 19.3 Å². The number of aliphatic hydroxyl groups excluding tert-OH is 1. The summed E-state index contributed by atoms with van der Waals surface area (Å²) < 4.78 is 7.32. The van der Waals surface area contributed by atoms with Gasteiger partial charge in [0.05, 0.1) is 12.7 Å². The van der Waals surface area contributed by atoms with Crippen LogP contribution >= 0.6 is 0 Å². The van der Waals surface area contributed by atoms with E-state index >= 15 is 0 Å². The summed E-state index contributed by atoms with van der Waals surface area (Å²) in [7, 11) is -2.07. The molecule has 4 nitrogen and oxygen atoms in total. The Morgan fingerprint density at radius 3 is 1.94 bits per heavy atom. The van der Waals surface area contributed by atoms with Gasteiger partial charge in [-0.25, -0.2) is 0 Å². The first-order valence-electron chi connectivity index (χ1n) is 13.1. The van der Waals surface area contributed by atoms with Gasteiger partial charge in [0.15, 0.2) is 14.1 Å². The van der Waals surface area contributed by atoms with Crippen molar-refractivity contribution in [2.75, 3.05) is 6.61 Å². The minimum absolute atomic E-state index is 0.0554. The monoisotopic (exact) mass is 462 g/mol. The average molecular weight is 463 g/mol. The molecular formula is C27H46O4Si. The number of ketones is 1. The van der Waals surface area contributed by atoms with Gasteiger partial charge in [-0.15, -0.1) is 0 Å². The van der Waals surface area contributed by atoms with Crippen molar-refractivity contribution in [3.63, 3.8) is 0 Å². The van der Waals surface area contributed by atoms with Crippen LogP contribution in [0.4, 0.5) is 0 Å². The van der Waals surface area contributed by atoms with Gasteiger partial charge in [-0.05, 0) is 50.4 Å². The van der Waals surface area contributed by atoms with E-state index in [1.54, 1.807) is 6.92 Å². The third kappa shape index (κ3) is 4.12. The first-order valence-corrected chi connectivity index (χ1v) is 15.6. The Balaban J connectivity index is 2.08. The van der Waals surface area contributed by atoms with E-state index in [4.69, 9.17) is 4.43 Å². The number of hydrogen-bond donors (Lipinski definition) is 2. The van der Waals surface area contributed by atoms with Crippen molar-refractivity contribution < 1.29 is 19.4 Å². The molecule has 0 radical (unpaired) electrons. The van der Waals surface area contributed by atoms with Crippen molar-refractivity contribution >= 4 is 14.1 Å². The fourth-order valence-corrected chi connectivity index (χ4v) is 11.2. The second kappa shape index (κ2) is 9.48. The molecule has 0 aromatic heterocycles. The maximum atomic E-state index is 13.5. The van der Waals surface area contributed by atoms with Crippen LogP contribution < -0.4 is 0 Å². The van der Waals surface area contributed by atoms with Crippen molar-refractivity contribution in [2.45, 2.75) is 123 Å². The highest BCUT2D eigenvalue weighted by Gasteiger charge is 2.67. The summed E-state index contributed by atoms with van der Waals surface area (Å²) in [6.45, 7) is 12.5. The standard InChI is InChI=1S/C27H46O4Si/c1-7-10-15-32(16-11-8-2,17-12-9-3)31-24-22-20(4)27(13-14-27)26(6,30)23(29)21(22)18-25(24,5)19-28/h18,24,28,30H,7-17,19H2,1-6H3. The number of rotatable bonds is 12. The zero-order valence-corrected chi connectivity index (χ0v) is 22.4. The van der Waals surface area contributed by atoms with Crippen LogP contribution in [0.3, 0.4) is 0 Å². The van der Waals surface area contributed by atoms with Crippen LogP contribution in [0, 0.1) is 10.8 Å². The third-order valence-corrected chi connectivity index (χ3v) is 13.3. The maximum Gasteiger partial charge on any atom is 0.195 e. The quantitative estimate of drug-likeness (QED) is 0.345. The molecule has 0 aromatic carbocycles. The predicted octanol–water partition coefficient (Wildman–Crippen LogP) is 6.09. The Hall–Kier alpha value is -0.753. The number of carbonyl (C=O) groups is 1. The first-order chi connectivity index (χ1) is 15.1. The largest absolute Gasteiger partial charge is 0.409 e. The third-order valence-electron chi connectivity index (χ3n) is 8.78. The molecule has 3 atom stereocenters. The predicted molar refractivity (Wildman–Crippen MR) is 133 cm³/mol. The van der Waals surface area contributed by atoms with Gasteiger partial charge in [0.1, 0.15) is 5.60 Å². The number of Topliss-reactive ketones (excluding diaryl/α,β-unsaturated/α-hetero) is 1. The molecule has 1 fully saturated rings. The Bertz CT molecular complexity index is 755. The molecule has 0 saturated heterocycles. The van der Waals surface area contributed by atoms with Crippen LogP contribution in [0.5, 0.6) is 0 Å². The summed E-state index contributed by atoms with van der Waals surface area (Å²) in [5.74, 6) is -0.177. The highest BCUT2D eigenvalue weighted by atomic mass is 28.4. The lowest BCUT2D eigenvalue weighted by Crippen LogP contribution is -2.52. The van der Waals surface area contributed by atoms with Gasteiger partial charge >= 0.3 is 0 Å². The van der Waals surface area contributed by atoms with Crippen molar-refractivity contribution in [1.82, 2.24) is 0 Å². The van der Waals surface area contributed by atoms with E-state index in [9.17, 15) is 15.0 Å². The zero-order valence-electron chi connectivity index (χ0n) is 21.4. The highest BCUT2D eigenvalue weighted by Crippen LogP contribution is 2.66. The number of carbonyl (C=O) groups excluding carboxylic acids is 1. The second-order valence-electron chi connectivity index (χ2n) is 11.2. The molecule has 0 heterocycles. The molecule has 1 spiro atoms. The lowest BCUT2D eigenvalue weighted by molar-refractivity contribution is -0.137. The SMILES string of the molecule is CCCC[Si](CCCC)(CCCC)OC1C2=C(C)C3(CC3)C(C)(O)C(=O)C2=CC1(C)CO. The minimum Gasteiger partial charge on any atom is -0.409 e. The molecule has 2 N–H and O–H groups in total. The van der Waals surface area contributed by atoms with Gasteiger partial charge in [-0.2, -0.15) is 0 Å². The van der Waals surface area contributed by atoms with Crippen molar-refractivity contribution in [1.29, 1.82) is 0 Å². The number of fused-ring (bicyclic) bond motifs is 1. The fraction of sp³-hybridized carbons (Fsp3) is 0.815. The highest BCUT2D eigenvalue weighted by molar-refractivity contribution is 6.73. The van der Waals surface area contributed by atoms with Crippen LogP contribution in [0.2, 0.25) is 18.1 Å². The topological polar surface area (TPSA) is 66.8 Å². The van der Waals surface area contributed by atoms with Gasteiger partial charge < -0.3 is 14.6 Å². The molecule has 3 aliphatic carbocycles. The van der Waals surface area contributed by atoms with Crippen LogP contribution in [-0.4, -0.2) is 42.6 Å². The van der Waals surface area contributed by atoms with Gasteiger partial charge in [0.2, 0.25) is 0 Å². The van der Waals surface area contributed by atoms with E-state index < -0.39 is 24.7 Å². The molecule has 3 aliphatic rings. The Morgan fingerprint density at radius 1 is 1.03 bits per heavy atom. The number of unbranched alkanes of at least 4 members (excludes halogenated alkanes) is 3. The first kappa shape index (κ1) is 25.9. The molecule has 0 bridgehead atoms. The summed E-state index contributed by atoms with van der Waals surface area (Å²) >= 11 is 0. The van der Waals surface area contributed by atoms with Crippen molar-refractivity contribution in [2.24, 2.45) is 10.8 Å². The van der Waals surface area contributed by atoms with Crippen LogP contribution in [-0.2, 0) is 9.22 Å². The Kier molecular flexibility index (Phi) is 7.66. The lowest BCUT2D eigenvalue weighted by atomic mass is 9.67. The maximum absolute atomic E-state index is 13.5. The smallest absolute Gasteiger partial charge is 0.195 e. The van der Waals surface area contributed by atoms with Crippen LogP contribution in [0.15, 0.2) is 22.8 Å². The summed E-state index contributed by atoms with van der Waals surface area (Å²) in [4.78, 5) is 13.5. The van der Waals surface area contributed by atoms with E-state index in [0.29, 0.717) is 5.57 Å². The van der Waals surface area contributed by atoms with Crippen LogP contribution in [0.1, 0.15) is 92.9 Å². The van der Waals surface area contributed by atoms with Gasteiger partial charge in [-0.1, -0.05) is 77.9 Å². The Morgan fingerprint density at radius 2 is 1.53 bits per heavy atom. The van der Waals surface area contributed by atoms with Gasteiger partial charge in [0, 0.05) is 16.4 Å². The molecular weight excluding hydrogens is 416 g/mol. The van der Waals surface area contributed by atoms with E-state index in [0.717, 1.165) is 61.4 Å². The minimum atomic E-state index is -2.07. The molecule has 1 saturated carbocycles. The molecule has 0 aliphatic heterocycles. The molecule has 0 amide bonds. The van der Waals surface area contributed by atoms with Gasteiger partial charge in [0.25, 0.3) is 0 Å². The summed E-state index contributed by atoms with van der Waals surface area (Å²) in [5.41, 5.74) is 0.298. The van der Waals surface area contributed by atoms with Crippen LogP contribution in [0.25, 0.3) is 0 Å². The van der Waals surface area contributed by atoms with E-state index in [2.05, 4.69) is 27.7 Å². The molecule has 32 heavy (non-hydrogen) atoms. The average Bonchev–Trinajstić information content (AvgIpc) is 3.54. The van der Waals surface area contributed by atoms with Gasteiger partial charge in [-0.3, -0.25) is 4.79 Å². The zero-order chi connectivity index (χ0) is 23.8. The normalized spacial score (nSPS) is 31.3. The molecule has 0 aromatic rings. The summed E-state index contributed by atoms with van der Waals surface area (Å²) in [6, 6.07) is 3.46. The molecule has 3 unspecified atom stereocenters. The number of aliphatic hydroxyl groups is 2. The molecule has 5 heteroatoms. The number of hydrogen-bond acceptors (Lipinski definition) is 4. The molecule has 182 valence electrons.